The van der Waals surface area contributed by atoms with E-state index in [4.69, 9.17) is 0 Å². The molecule has 0 unspecified atom stereocenters. The van der Waals surface area contributed by atoms with Gasteiger partial charge < -0.3 is 10.6 Å². The van der Waals surface area contributed by atoms with E-state index in [9.17, 15) is 18.4 Å². The third-order valence-corrected chi connectivity index (χ3v) is 2.85. The number of carbonyl (C=O) groups excluding carboxylic acids is 2. The van der Waals surface area contributed by atoms with Crippen molar-refractivity contribution >= 4 is 17.5 Å². The first-order chi connectivity index (χ1) is 10.5. The summed E-state index contributed by atoms with van der Waals surface area (Å²) >= 11 is 0. The van der Waals surface area contributed by atoms with Gasteiger partial charge in [-0.15, -0.1) is 0 Å². The van der Waals surface area contributed by atoms with Gasteiger partial charge in [-0.05, 0) is 29.8 Å². The molecule has 2 rings (SSSR count). The molecule has 0 saturated carbocycles. The third-order valence-electron chi connectivity index (χ3n) is 2.85. The number of hydrogen-bond acceptors (Lipinski definition) is 2. The Hall–Kier alpha value is -2.76. The van der Waals surface area contributed by atoms with Gasteiger partial charge in [0.2, 0.25) is 11.8 Å². The van der Waals surface area contributed by atoms with Crippen LogP contribution in [0.5, 0.6) is 0 Å². The van der Waals surface area contributed by atoms with Gasteiger partial charge in [-0.2, -0.15) is 0 Å². The van der Waals surface area contributed by atoms with Crippen molar-refractivity contribution in [1.29, 1.82) is 0 Å². The Bertz CT molecular complexity index is 689. The average molecular weight is 304 g/mol. The van der Waals surface area contributed by atoms with Crippen LogP contribution in [-0.4, -0.2) is 18.4 Å². The predicted octanol–water partition coefficient (Wildman–Crippen LogP) is 2.26. The van der Waals surface area contributed by atoms with E-state index >= 15 is 0 Å². The van der Waals surface area contributed by atoms with Gasteiger partial charge >= 0.3 is 0 Å². The molecule has 22 heavy (non-hydrogen) atoms. The second-order valence-electron chi connectivity index (χ2n) is 4.61. The quantitative estimate of drug-likeness (QED) is 0.890. The van der Waals surface area contributed by atoms with Gasteiger partial charge in [0.1, 0.15) is 11.6 Å². The van der Waals surface area contributed by atoms with E-state index < -0.39 is 23.4 Å². The van der Waals surface area contributed by atoms with Crippen molar-refractivity contribution in [2.45, 2.75) is 6.42 Å². The molecule has 0 bridgehead atoms. The Kier molecular flexibility index (Phi) is 5.19. The first-order valence-electron chi connectivity index (χ1n) is 6.60. The van der Waals surface area contributed by atoms with Crippen LogP contribution in [0.3, 0.4) is 0 Å². The largest absolute Gasteiger partial charge is 0.347 e. The number of rotatable bonds is 5. The van der Waals surface area contributed by atoms with Crippen LogP contribution in [-0.2, 0) is 16.0 Å². The molecule has 0 aliphatic carbocycles. The van der Waals surface area contributed by atoms with Crippen molar-refractivity contribution in [2.24, 2.45) is 0 Å². The molecule has 2 amide bonds. The number of nitrogens with one attached hydrogen (secondary N) is 2. The summed E-state index contributed by atoms with van der Waals surface area (Å²) < 4.78 is 26.3. The fourth-order valence-electron chi connectivity index (χ4n) is 1.83. The van der Waals surface area contributed by atoms with Crippen molar-refractivity contribution in [3.8, 4) is 0 Å². The number of carbonyl (C=O) groups is 2. The maximum absolute atomic E-state index is 13.3. The Balaban J connectivity index is 1.81. The fourth-order valence-corrected chi connectivity index (χ4v) is 1.83. The Morgan fingerprint density at radius 2 is 1.73 bits per heavy atom. The lowest BCUT2D eigenvalue weighted by atomic mass is 10.1. The molecule has 0 aliphatic rings. The van der Waals surface area contributed by atoms with Gasteiger partial charge in [-0.25, -0.2) is 8.78 Å². The molecule has 2 aromatic carbocycles. The van der Waals surface area contributed by atoms with Gasteiger partial charge in [-0.1, -0.05) is 24.3 Å². The highest BCUT2D eigenvalue weighted by Crippen LogP contribution is 2.11. The van der Waals surface area contributed by atoms with E-state index in [1.165, 1.54) is 36.4 Å². The van der Waals surface area contributed by atoms with Gasteiger partial charge in [0.05, 0.1) is 18.7 Å². The molecule has 0 radical (unpaired) electrons. The van der Waals surface area contributed by atoms with E-state index in [1.54, 1.807) is 12.1 Å². The number of para-hydroxylation sites is 1. The maximum Gasteiger partial charge on any atom is 0.243 e. The molecule has 0 heterocycles. The van der Waals surface area contributed by atoms with Crippen LogP contribution in [0.2, 0.25) is 0 Å². The van der Waals surface area contributed by atoms with Crippen molar-refractivity contribution in [1.82, 2.24) is 5.32 Å². The van der Waals surface area contributed by atoms with E-state index in [0.717, 1.165) is 0 Å². The molecule has 114 valence electrons. The predicted molar refractivity (Wildman–Crippen MR) is 78.1 cm³/mol. The second kappa shape index (κ2) is 7.31. The Labute approximate surface area is 126 Å². The van der Waals surface area contributed by atoms with Crippen molar-refractivity contribution in [3.63, 3.8) is 0 Å². The van der Waals surface area contributed by atoms with Gasteiger partial charge in [0.15, 0.2) is 0 Å². The number of halogens is 2. The smallest absolute Gasteiger partial charge is 0.243 e. The van der Waals surface area contributed by atoms with Crippen molar-refractivity contribution < 1.29 is 18.4 Å². The highest BCUT2D eigenvalue weighted by Gasteiger charge is 2.09. The second-order valence-corrected chi connectivity index (χ2v) is 4.61. The van der Waals surface area contributed by atoms with E-state index in [2.05, 4.69) is 10.6 Å². The van der Waals surface area contributed by atoms with Crippen molar-refractivity contribution in [2.75, 3.05) is 11.9 Å². The van der Waals surface area contributed by atoms with Crippen LogP contribution in [0.1, 0.15) is 5.56 Å². The third kappa shape index (κ3) is 4.66. The summed E-state index contributed by atoms with van der Waals surface area (Å²) in [4.78, 5) is 23.3. The summed E-state index contributed by atoms with van der Waals surface area (Å²) in [5, 5.41) is 4.74. The lowest BCUT2D eigenvalue weighted by molar-refractivity contribution is -0.123. The van der Waals surface area contributed by atoms with Crippen molar-refractivity contribution in [3.05, 3.63) is 65.7 Å². The van der Waals surface area contributed by atoms with Crippen LogP contribution in [0, 0.1) is 11.6 Å². The monoisotopic (exact) mass is 304 g/mol. The van der Waals surface area contributed by atoms with Gasteiger partial charge in [0, 0.05) is 0 Å². The zero-order valence-electron chi connectivity index (χ0n) is 11.6. The lowest BCUT2D eigenvalue weighted by Crippen LogP contribution is -2.33. The summed E-state index contributed by atoms with van der Waals surface area (Å²) in [7, 11) is 0. The molecule has 4 nitrogen and oxygen atoms in total. The molecule has 0 aliphatic heterocycles. The zero-order chi connectivity index (χ0) is 15.9. The van der Waals surface area contributed by atoms with Crippen LogP contribution in [0.15, 0.2) is 48.5 Å². The minimum absolute atomic E-state index is 0.0370. The Morgan fingerprint density at radius 3 is 2.45 bits per heavy atom. The molecular formula is C16H14F2N2O2. The minimum atomic E-state index is -0.554. The SMILES string of the molecule is O=C(Cc1cccc(F)c1)NCC(=O)Nc1ccccc1F. The standard InChI is InChI=1S/C16H14F2N2O2/c17-12-5-3-4-11(8-12)9-15(21)19-10-16(22)20-14-7-2-1-6-13(14)18/h1-8H,9-10H2,(H,19,21)(H,20,22). The number of benzene rings is 2. The summed E-state index contributed by atoms with van der Waals surface area (Å²) in [5.41, 5.74) is 0.555. The van der Waals surface area contributed by atoms with E-state index in [0.29, 0.717) is 5.56 Å². The fraction of sp³-hybridized carbons (Fsp3) is 0.125. The average Bonchev–Trinajstić information content (AvgIpc) is 2.48. The van der Waals surface area contributed by atoms with Crippen LogP contribution < -0.4 is 10.6 Å². The summed E-state index contributed by atoms with van der Waals surface area (Å²) in [6.07, 6.45) is -0.0370. The molecule has 0 aromatic heterocycles. The number of amides is 2. The highest BCUT2D eigenvalue weighted by molar-refractivity contribution is 5.94. The molecule has 0 atom stereocenters. The first-order valence-corrected chi connectivity index (χ1v) is 6.60. The van der Waals surface area contributed by atoms with Crippen LogP contribution in [0.25, 0.3) is 0 Å². The molecule has 0 fully saturated rings. The zero-order valence-corrected chi connectivity index (χ0v) is 11.6. The van der Waals surface area contributed by atoms with Gasteiger partial charge in [-0.3, -0.25) is 9.59 Å². The molecule has 6 heteroatoms. The summed E-state index contributed by atoms with van der Waals surface area (Å²) in [6.45, 7) is -0.289. The van der Waals surface area contributed by atoms with Crippen LogP contribution in [0.4, 0.5) is 14.5 Å². The van der Waals surface area contributed by atoms with E-state index in [1.807, 2.05) is 0 Å². The molecule has 2 N–H and O–H groups in total. The summed E-state index contributed by atoms with van der Waals surface area (Å²) in [5.74, 6) is -1.95. The van der Waals surface area contributed by atoms with Crippen LogP contribution >= 0.6 is 0 Å². The lowest BCUT2D eigenvalue weighted by Gasteiger charge is -2.07. The minimum Gasteiger partial charge on any atom is -0.347 e. The first kappa shape index (κ1) is 15.6. The number of hydrogen-bond donors (Lipinski definition) is 2. The summed E-state index contributed by atoms with van der Waals surface area (Å²) in [6, 6.07) is 11.4. The molecule has 0 spiro atoms. The Morgan fingerprint density at radius 1 is 0.955 bits per heavy atom. The maximum atomic E-state index is 13.3. The van der Waals surface area contributed by atoms with E-state index in [-0.39, 0.29) is 18.7 Å². The highest BCUT2D eigenvalue weighted by atomic mass is 19.1. The molecule has 0 saturated heterocycles. The molecule has 2 aromatic rings. The topological polar surface area (TPSA) is 58.2 Å². The normalized spacial score (nSPS) is 10.1. The van der Waals surface area contributed by atoms with Gasteiger partial charge in [0.25, 0.3) is 0 Å². The number of anilines is 1. The molecular weight excluding hydrogens is 290 g/mol.